The molecule has 0 saturated carbocycles. The van der Waals surface area contributed by atoms with E-state index in [-0.39, 0.29) is 16.6 Å². The van der Waals surface area contributed by atoms with E-state index in [1.807, 2.05) is 26.0 Å². The van der Waals surface area contributed by atoms with E-state index in [0.717, 1.165) is 16.6 Å². The van der Waals surface area contributed by atoms with E-state index >= 15 is 0 Å². The molecule has 0 aliphatic carbocycles. The highest BCUT2D eigenvalue weighted by atomic mass is 35.5. The molecular formula is C27H19Cl2N3O4S. The van der Waals surface area contributed by atoms with Crippen molar-refractivity contribution in [3.05, 3.63) is 87.6 Å². The molecule has 0 unspecified atom stereocenters. The van der Waals surface area contributed by atoms with Crippen LogP contribution in [-0.4, -0.2) is 21.1 Å². The highest BCUT2D eigenvalue weighted by Gasteiger charge is 2.17. The van der Waals surface area contributed by atoms with Crippen molar-refractivity contribution in [3.8, 4) is 28.5 Å². The zero-order valence-electron chi connectivity index (χ0n) is 19.6. The Kier molecular flexibility index (Phi) is 6.64. The maximum absolute atomic E-state index is 12.6. The number of furan rings is 1. The van der Waals surface area contributed by atoms with Gasteiger partial charge in [0.05, 0.1) is 10.6 Å². The molecule has 0 fully saturated rings. The number of aromatic nitrogens is 1. The number of aromatic hydroxyl groups is 1. The molecule has 0 radical (unpaired) electrons. The highest BCUT2D eigenvalue weighted by molar-refractivity contribution is 7.80. The van der Waals surface area contributed by atoms with Crippen LogP contribution in [0.3, 0.4) is 0 Å². The van der Waals surface area contributed by atoms with Gasteiger partial charge in [0.2, 0.25) is 5.89 Å². The molecule has 3 N–H and O–H groups in total. The smallest absolute Gasteiger partial charge is 0.293 e. The summed E-state index contributed by atoms with van der Waals surface area (Å²) in [4.78, 5) is 17.1. The van der Waals surface area contributed by atoms with Gasteiger partial charge in [-0.1, -0.05) is 29.3 Å². The fourth-order valence-corrected chi connectivity index (χ4v) is 4.49. The van der Waals surface area contributed by atoms with Crippen LogP contribution in [-0.2, 0) is 0 Å². The molecule has 5 aromatic rings. The minimum atomic E-state index is -0.556. The number of halogens is 2. The monoisotopic (exact) mass is 551 g/mol. The Hall–Kier alpha value is -3.85. The molecule has 2 heterocycles. The van der Waals surface area contributed by atoms with E-state index in [2.05, 4.69) is 15.6 Å². The summed E-state index contributed by atoms with van der Waals surface area (Å²) < 4.78 is 11.5. The molecule has 3 aromatic carbocycles. The number of phenolic OH excluding ortho intramolecular Hbond substituents is 1. The largest absolute Gasteiger partial charge is 0.507 e. The van der Waals surface area contributed by atoms with Crippen LogP contribution in [0.2, 0.25) is 10.0 Å². The molecule has 0 saturated heterocycles. The first-order valence-electron chi connectivity index (χ1n) is 11.1. The van der Waals surface area contributed by atoms with Gasteiger partial charge in [-0.15, -0.1) is 0 Å². The predicted molar refractivity (Wildman–Crippen MR) is 148 cm³/mol. The number of carbonyl (C=O) groups excluding carboxylic acids is 1. The molecule has 5 rings (SSSR count). The van der Waals surface area contributed by atoms with Crippen molar-refractivity contribution in [1.29, 1.82) is 0 Å². The van der Waals surface area contributed by atoms with Gasteiger partial charge in [0.1, 0.15) is 17.0 Å². The second-order valence-corrected chi connectivity index (χ2v) is 9.63. The van der Waals surface area contributed by atoms with Crippen LogP contribution < -0.4 is 10.6 Å². The van der Waals surface area contributed by atoms with E-state index in [0.29, 0.717) is 44.1 Å². The number of benzene rings is 3. The van der Waals surface area contributed by atoms with Crippen molar-refractivity contribution >= 4 is 63.2 Å². The second-order valence-electron chi connectivity index (χ2n) is 8.38. The number of fused-ring (bicyclic) bond motifs is 1. The summed E-state index contributed by atoms with van der Waals surface area (Å²) in [7, 11) is 0. The van der Waals surface area contributed by atoms with Crippen molar-refractivity contribution < 1.29 is 18.7 Å². The van der Waals surface area contributed by atoms with Crippen molar-refractivity contribution in [2.45, 2.75) is 13.8 Å². The number of nitrogens with one attached hydrogen (secondary N) is 2. The molecule has 0 atom stereocenters. The molecule has 10 heteroatoms. The van der Waals surface area contributed by atoms with Crippen molar-refractivity contribution in [2.75, 3.05) is 5.32 Å². The number of carbonyl (C=O) groups is 1. The number of rotatable bonds is 4. The zero-order valence-corrected chi connectivity index (χ0v) is 21.9. The molecule has 186 valence electrons. The fraction of sp³-hybridized carbons (Fsp3) is 0.0741. The normalized spacial score (nSPS) is 11.0. The van der Waals surface area contributed by atoms with Gasteiger partial charge >= 0.3 is 0 Å². The molecule has 0 spiro atoms. The van der Waals surface area contributed by atoms with E-state index in [4.69, 9.17) is 44.3 Å². The van der Waals surface area contributed by atoms with E-state index in [1.54, 1.807) is 36.4 Å². The number of thiocarbonyl (C=S) groups is 1. The Morgan fingerprint density at radius 2 is 1.78 bits per heavy atom. The molecule has 7 nitrogen and oxygen atoms in total. The average molecular weight is 552 g/mol. The number of amides is 1. The molecule has 2 aromatic heterocycles. The Labute approximate surface area is 227 Å². The van der Waals surface area contributed by atoms with E-state index < -0.39 is 5.91 Å². The standard InChI is InChI=1S/C27H19Cl2N3O4S/c1-13-9-14(2)24-20(10-13)31-26(36-24)17-5-4-16(12-21(17)33)30-27(37)32-25(34)23-8-7-22(35-23)18-11-15(28)3-6-19(18)29/h3-12,33H,1-2H3,(H2,30,32,34,37). The summed E-state index contributed by atoms with van der Waals surface area (Å²) in [5.74, 6) is 0.113. The second kappa shape index (κ2) is 9.89. The van der Waals surface area contributed by atoms with Gasteiger partial charge in [-0.05, 0) is 85.7 Å². The Morgan fingerprint density at radius 3 is 2.57 bits per heavy atom. The first-order chi connectivity index (χ1) is 17.7. The Morgan fingerprint density at radius 1 is 0.973 bits per heavy atom. The first-order valence-corrected chi connectivity index (χ1v) is 12.2. The van der Waals surface area contributed by atoms with Crippen LogP contribution in [0.5, 0.6) is 5.75 Å². The summed E-state index contributed by atoms with van der Waals surface area (Å²) in [5, 5.41) is 17.0. The third-order valence-electron chi connectivity index (χ3n) is 5.56. The molecular weight excluding hydrogens is 533 g/mol. The number of nitrogens with zero attached hydrogens (tertiary/aromatic N) is 1. The third-order valence-corrected chi connectivity index (χ3v) is 6.33. The Balaban J connectivity index is 1.28. The lowest BCUT2D eigenvalue weighted by Crippen LogP contribution is -2.33. The van der Waals surface area contributed by atoms with Crippen LogP contribution in [0.15, 0.2) is 69.5 Å². The third kappa shape index (κ3) is 5.17. The molecule has 0 aliphatic rings. The van der Waals surface area contributed by atoms with Gasteiger partial charge in [-0.25, -0.2) is 4.98 Å². The summed E-state index contributed by atoms with van der Waals surface area (Å²) >= 11 is 17.5. The molecule has 0 aliphatic heterocycles. The number of hydrogen-bond donors (Lipinski definition) is 3. The van der Waals surface area contributed by atoms with Gasteiger partial charge in [-0.3, -0.25) is 10.1 Å². The number of aryl methyl sites for hydroxylation is 2. The van der Waals surface area contributed by atoms with Gasteiger partial charge in [-0.2, -0.15) is 0 Å². The predicted octanol–water partition coefficient (Wildman–Crippen LogP) is 7.51. The fourth-order valence-electron chi connectivity index (χ4n) is 3.90. The minimum absolute atomic E-state index is 0.0175. The van der Waals surface area contributed by atoms with E-state index in [9.17, 15) is 9.90 Å². The van der Waals surface area contributed by atoms with Crippen molar-refractivity contribution in [2.24, 2.45) is 0 Å². The van der Waals surface area contributed by atoms with Gasteiger partial charge < -0.3 is 19.3 Å². The number of oxazole rings is 1. The number of anilines is 1. The average Bonchev–Trinajstić information content (AvgIpc) is 3.48. The van der Waals surface area contributed by atoms with Crippen LogP contribution in [0, 0.1) is 13.8 Å². The first kappa shape index (κ1) is 24.8. The van der Waals surface area contributed by atoms with Crippen LogP contribution in [0.1, 0.15) is 21.7 Å². The summed E-state index contributed by atoms with van der Waals surface area (Å²) in [6.07, 6.45) is 0. The van der Waals surface area contributed by atoms with Crippen LogP contribution in [0.4, 0.5) is 5.69 Å². The molecule has 0 bridgehead atoms. The lowest BCUT2D eigenvalue weighted by atomic mass is 10.1. The summed E-state index contributed by atoms with van der Waals surface area (Å²) in [6, 6.07) is 16.8. The molecule has 37 heavy (non-hydrogen) atoms. The summed E-state index contributed by atoms with van der Waals surface area (Å²) in [6.45, 7) is 3.93. The summed E-state index contributed by atoms with van der Waals surface area (Å²) in [5.41, 5.74) is 4.88. The quantitative estimate of drug-likeness (QED) is 0.198. The Bertz CT molecular complexity index is 1690. The highest BCUT2D eigenvalue weighted by Crippen LogP contribution is 2.34. The van der Waals surface area contributed by atoms with Gasteiger partial charge in [0.25, 0.3) is 5.91 Å². The maximum Gasteiger partial charge on any atom is 0.293 e. The van der Waals surface area contributed by atoms with Crippen molar-refractivity contribution in [1.82, 2.24) is 10.3 Å². The molecule has 1 amide bonds. The van der Waals surface area contributed by atoms with Crippen molar-refractivity contribution in [3.63, 3.8) is 0 Å². The van der Waals surface area contributed by atoms with Gasteiger partial charge in [0, 0.05) is 22.3 Å². The van der Waals surface area contributed by atoms with E-state index in [1.165, 1.54) is 12.1 Å². The minimum Gasteiger partial charge on any atom is -0.507 e. The lowest BCUT2D eigenvalue weighted by molar-refractivity contribution is 0.0951. The number of hydrogen-bond acceptors (Lipinski definition) is 6. The zero-order chi connectivity index (χ0) is 26.3. The SMILES string of the molecule is Cc1cc(C)c2oc(-c3ccc(NC(=S)NC(=O)c4ccc(-c5cc(Cl)ccc5Cl)o4)cc3O)nc2c1. The topological polar surface area (TPSA) is 101 Å². The maximum atomic E-state index is 12.6. The lowest BCUT2D eigenvalue weighted by Gasteiger charge is -2.10. The van der Waals surface area contributed by atoms with Crippen LogP contribution >= 0.6 is 35.4 Å². The van der Waals surface area contributed by atoms with Crippen LogP contribution in [0.25, 0.3) is 33.9 Å². The van der Waals surface area contributed by atoms with Gasteiger partial charge in [0.15, 0.2) is 16.5 Å². The number of phenols is 1.